The largest absolute Gasteiger partial charge is 0.404 e. The Bertz CT molecular complexity index is 407. The van der Waals surface area contributed by atoms with Crippen LogP contribution in [0.4, 0.5) is 13.2 Å². The molecule has 0 aromatic rings. The maximum Gasteiger partial charge on any atom is 0.404 e. The van der Waals surface area contributed by atoms with E-state index in [2.05, 4.69) is 10.2 Å². The van der Waals surface area contributed by atoms with Crippen LogP contribution in [0.15, 0.2) is 0 Å². The number of hydrogen-bond acceptors (Lipinski definition) is 3. The van der Waals surface area contributed by atoms with Crippen molar-refractivity contribution >= 4 is 5.91 Å². The lowest BCUT2D eigenvalue weighted by Gasteiger charge is -2.35. The van der Waals surface area contributed by atoms with Gasteiger partial charge in [-0.2, -0.15) is 13.2 Å². The summed E-state index contributed by atoms with van der Waals surface area (Å²) < 4.78 is 40.5. The zero-order valence-corrected chi connectivity index (χ0v) is 12.1. The summed E-state index contributed by atoms with van der Waals surface area (Å²) in [6, 6.07) is 0.246. The van der Waals surface area contributed by atoms with Gasteiger partial charge in [0.15, 0.2) is 5.41 Å². The van der Waals surface area contributed by atoms with Gasteiger partial charge in [-0.3, -0.25) is 9.69 Å². The number of carbonyl (C=O) groups excluding carboxylic acids is 1. The van der Waals surface area contributed by atoms with E-state index in [9.17, 15) is 18.0 Å². The summed E-state index contributed by atoms with van der Waals surface area (Å²) in [6.45, 7) is 2.79. The molecule has 3 heterocycles. The summed E-state index contributed by atoms with van der Waals surface area (Å²) in [7, 11) is 0. The number of nitrogens with one attached hydrogen (secondary N) is 1. The van der Waals surface area contributed by atoms with E-state index in [0.29, 0.717) is 13.1 Å². The van der Waals surface area contributed by atoms with Crippen LogP contribution in [0.25, 0.3) is 0 Å². The van der Waals surface area contributed by atoms with Crippen LogP contribution in [0.2, 0.25) is 0 Å². The van der Waals surface area contributed by atoms with Crippen molar-refractivity contribution in [2.24, 2.45) is 5.41 Å². The van der Waals surface area contributed by atoms with Gasteiger partial charge >= 0.3 is 6.18 Å². The number of carbonyl (C=O) groups is 1. The molecule has 4 nitrogen and oxygen atoms in total. The number of fused-ring (bicyclic) bond motifs is 1. The van der Waals surface area contributed by atoms with Gasteiger partial charge in [0.2, 0.25) is 5.91 Å². The molecule has 3 fully saturated rings. The minimum atomic E-state index is -4.48. The molecule has 0 aromatic carbocycles. The van der Waals surface area contributed by atoms with E-state index in [1.165, 1.54) is 4.90 Å². The van der Waals surface area contributed by atoms with E-state index in [4.69, 9.17) is 0 Å². The Morgan fingerprint density at radius 1 is 1.19 bits per heavy atom. The minimum Gasteiger partial charge on any atom is -0.340 e. The monoisotopic (exact) mass is 305 g/mol. The standard InChI is InChI=1S/C14H22F3N3O/c15-14(16,17)13(4-5-18-10-13)12(21)20-8-2-7-19-6-1-3-11(19)9-20/h11,18H,1-10H2. The van der Waals surface area contributed by atoms with E-state index < -0.39 is 17.5 Å². The second kappa shape index (κ2) is 5.43. The van der Waals surface area contributed by atoms with Crippen LogP contribution in [0, 0.1) is 5.41 Å². The molecule has 7 heteroatoms. The molecule has 3 aliphatic rings. The smallest absolute Gasteiger partial charge is 0.340 e. The van der Waals surface area contributed by atoms with Crippen molar-refractivity contribution in [3.8, 4) is 0 Å². The molecule has 0 aliphatic carbocycles. The third-order valence-electron chi connectivity index (χ3n) is 5.20. The Balaban J connectivity index is 1.79. The molecule has 3 saturated heterocycles. The van der Waals surface area contributed by atoms with Crippen LogP contribution in [-0.4, -0.2) is 67.2 Å². The highest BCUT2D eigenvalue weighted by molar-refractivity contribution is 5.84. The number of rotatable bonds is 1. The molecule has 0 saturated carbocycles. The lowest BCUT2D eigenvalue weighted by Crippen LogP contribution is -2.55. The Labute approximate surface area is 122 Å². The summed E-state index contributed by atoms with van der Waals surface area (Å²) in [6.07, 6.45) is -1.78. The first-order valence-corrected chi connectivity index (χ1v) is 7.75. The van der Waals surface area contributed by atoms with Crippen LogP contribution >= 0.6 is 0 Å². The molecule has 1 N–H and O–H groups in total. The zero-order chi connectivity index (χ0) is 15.1. The Morgan fingerprint density at radius 3 is 2.62 bits per heavy atom. The zero-order valence-electron chi connectivity index (χ0n) is 12.1. The highest BCUT2D eigenvalue weighted by Gasteiger charge is 2.62. The molecular weight excluding hydrogens is 283 g/mol. The molecule has 0 spiro atoms. The highest BCUT2D eigenvalue weighted by Crippen LogP contribution is 2.44. The topological polar surface area (TPSA) is 35.6 Å². The van der Waals surface area contributed by atoms with Gasteiger partial charge in [0.05, 0.1) is 0 Å². The molecule has 3 aliphatic heterocycles. The molecular formula is C14H22F3N3O. The lowest BCUT2D eigenvalue weighted by atomic mass is 9.84. The molecule has 21 heavy (non-hydrogen) atoms. The van der Waals surface area contributed by atoms with Gasteiger partial charge in [0.1, 0.15) is 0 Å². The molecule has 2 atom stereocenters. The molecule has 3 rings (SSSR count). The summed E-state index contributed by atoms with van der Waals surface area (Å²) in [5.74, 6) is -0.714. The van der Waals surface area contributed by atoms with E-state index in [1.54, 1.807) is 0 Å². The predicted molar refractivity (Wildman–Crippen MR) is 71.8 cm³/mol. The molecule has 0 bridgehead atoms. The molecule has 1 amide bonds. The quantitative estimate of drug-likeness (QED) is 0.791. The van der Waals surface area contributed by atoms with E-state index >= 15 is 0 Å². The third kappa shape index (κ3) is 2.54. The number of amides is 1. The van der Waals surface area contributed by atoms with Gasteiger partial charge in [-0.15, -0.1) is 0 Å². The van der Waals surface area contributed by atoms with E-state index in [1.807, 2.05) is 0 Å². The number of nitrogens with zero attached hydrogens (tertiary/aromatic N) is 2. The van der Waals surface area contributed by atoms with Crippen molar-refractivity contribution in [1.29, 1.82) is 0 Å². The average Bonchev–Trinajstić information content (AvgIpc) is 3.03. The summed E-state index contributed by atoms with van der Waals surface area (Å²) >= 11 is 0. The highest BCUT2D eigenvalue weighted by atomic mass is 19.4. The normalized spacial score (nSPS) is 34.8. The average molecular weight is 305 g/mol. The van der Waals surface area contributed by atoms with Crippen molar-refractivity contribution in [3.63, 3.8) is 0 Å². The maximum atomic E-state index is 13.5. The van der Waals surface area contributed by atoms with Crippen LogP contribution in [0.1, 0.15) is 25.7 Å². The van der Waals surface area contributed by atoms with Crippen LogP contribution in [0.3, 0.4) is 0 Å². The predicted octanol–water partition coefficient (Wildman–Crippen LogP) is 1.23. The van der Waals surface area contributed by atoms with Crippen molar-refractivity contribution in [2.45, 2.75) is 37.9 Å². The summed E-state index contributed by atoms with van der Waals surface area (Å²) in [4.78, 5) is 16.5. The van der Waals surface area contributed by atoms with Gasteiger partial charge in [-0.1, -0.05) is 0 Å². The summed E-state index contributed by atoms with van der Waals surface area (Å²) in [5, 5.41) is 2.72. The van der Waals surface area contributed by atoms with Gasteiger partial charge < -0.3 is 10.2 Å². The van der Waals surface area contributed by atoms with Gasteiger partial charge in [0.25, 0.3) is 0 Å². The van der Waals surface area contributed by atoms with E-state index in [-0.39, 0.29) is 25.6 Å². The molecule has 120 valence electrons. The van der Waals surface area contributed by atoms with E-state index in [0.717, 1.165) is 32.4 Å². The first-order chi connectivity index (χ1) is 9.94. The van der Waals surface area contributed by atoms with Crippen molar-refractivity contribution in [1.82, 2.24) is 15.1 Å². The lowest BCUT2D eigenvalue weighted by molar-refractivity contribution is -0.221. The fourth-order valence-electron chi connectivity index (χ4n) is 3.93. The van der Waals surface area contributed by atoms with Crippen molar-refractivity contribution in [3.05, 3.63) is 0 Å². The fraction of sp³-hybridized carbons (Fsp3) is 0.929. The van der Waals surface area contributed by atoms with Crippen LogP contribution in [0.5, 0.6) is 0 Å². The molecule has 0 radical (unpaired) electrons. The molecule has 0 aromatic heterocycles. The van der Waals surface area contributed by atoms with Crippen LogP contribution < -0.4 is 5.32 Å². The maximum absolute atomic E-state index is 13.5. The minimum absolute atomic E-state index is 0.139. The van der Waals surface area contributed by atoms with Gasteiger partial charge in [-0.25, -0.2) is 0 Å². The van der Waals surface area contributed by atoms with Gasteiger partial charge in [-0.05, 0) is 38.8 Å². The Hall–Kier alpha value is -0.820. The second-order valence-corrected chi connectivity index (χ2v) is 6.44. The third-order valence-corrected chi connectivity index (χ3v) is 5.20. The first kappa shape index (κ1) is 15.1. The first-order valence-electron chi connectivity index (χ1n) is 7.75. The van der Waals surface area contributed by atoms with Crippen molar-refractivity contribution in [2.75, 3.05) is 39.3 Å². The van der Waals surface area contributed by atoms with Crippen molar-refractivity contribution < 1.29 is 18.0 Å². The number of alkyl halides is 3. The molecule has 2 unspecified atom stereocenters. The summed E-state index contributed by atoms with van der Waals surface area (Å²) in [5.41, 5.74) is -2.21. The second-order valence-electron chi connectivity index (χ2n) is 6.44. The number of hydrogen-bond donors (Lipinski definition) is 1. The Kier molecular flexibility index (Phi) is 3.90. The van der Waals surface area contributed by atoms with Crippen LogP contribution in [-0.2, 0) is 4.79 Å². The Morgan fingerprint density at radius 2 is 1.95 bits per heavy atom. The SMILES string of the molecule is O=C(N1CCCN2CCCC2C1)C1(C(F)(F)F)CCNC1. The van der Waals surface area contributed by atoms with Gasteiger partial charge in [0, 0.05) is 32.2 Å². The fourth-order valence-corrected chi connectivity index (χ4v) is 3.93. The number of halogens is 3.